The molecule has 1 aliphatic carbocycles. The quantitative estimate of drug-likeness (QED) is 0.372. The molecular formula is C28H32F2O. The second-order valence-electron chi connectivity index (χ2n) is 9.05. The summed E-state index contributed by atoms with van der Waals surface area (Å²) in [5.41, 5.74) is 2.19. The van der Waals surface area contributed by atoms with Gasteiger partial charge in [-0.3, -0.25) is 0 Å². The molecule has 1 aliphatic rings. The van der Waals surface area contributed by atoms with E-state index in [4.69, 9.17) is 4.74 Å². The van der Waals surface area contributed by atoms with Crippen LogP contribution in [0.5, 0.6) is 5.75 Å². The van der Waals surface area contributed by atoms with Gasteiger partial charge in [0.15, 0.2) is 11.6 Å². The Morgan fingerprint density at radius 1 is 0.871 bits per heavy atom. The van der Waals surface area contributed by atoms with E-state index in [2.05, 4.69) is 13.0 Å². The number of aryl methyl sites for hydroxylation is 1. The highest BCUT2D eigenvalue weighted by atomic mass is 19.1. The minimum atomic E-state index is -0.487. The molecule has 3 aromatic carbocycles. The van der Waals surface area contributed by atoms with Crippen LogP contribution in [-0.2, 0) is 6.42 Å². The molecule has 0 aromatic heterocycles. The van der Waals surface area contributed by atoms with Crippen LogP contribution >= 0.6 is 0 Å². The molecule has 164 valence electrons. The van der Waals surface area contributed by atoms with Crippen molar-refractivity contribution in [3.05, 3.63) is 65.7 Å². The van der Waals surface area contributed by atoms with E-state index >= 15 is 4.39 Å². The number of ether oxygens (including phenoxy) is 1. The van der Waals surface area contributed by atoms with Gasteiger partial charge < -0.3 is 4.74 Å². The van der Waals surface area contributed by atoms with Gasteiger partial charge in [-0.25, -0.2) is 8.78 Å². The lowest BCUT2D eigenvalue weighted by atomic mass is 9.78. The fraction of sp³-hybridized carbons (Fsp3) is 0.429. The molecule has 31 heavy (non-hydrogen) atoms. The maximum atomic E-state index is 15.2. The van der Waals surface area contributed by atoms with Gasteiger partial charge in [0.05, 0.1) is 7.11 Å². The molecule has 0 atom stereocenters. The van der Waals surface area contributed by atoms with Gasteiger partial charge in [0.2, 0.25) is 0 Å². The minimum absolute atomic E-state index is 0.161. The normalized spacial score (nSPS) is 19.0. The van der Waals surface area contributed by atoms with Crippen molar-refractivity contribution in [1.82, 2.24) is 0 Å². The summed E-state index contributed by atoms with van der Waals surface area (Å²) < 4.78 is 34.3. The standard InChI is InChI=1S/C28H32F2O/c1-3-4-19-5-7-20(8-6-19)9-10-21-11-14-24-22(17-21)12-15-25(28(24)30)23-13-16-27(31-2)26(29)18-23/h11-20H,3-10H2,1-2H3. The Morgan fingerprint density at radius 3 is 2.29 bits per heavy atom. The van der Waals surface area contributed by atoms with Crippen LogP contribution in [0.4, 0.5) is 8.78 Å². The lowest BCUT2D eigenvalue weighted by molar-refractivity contribution is 0.252. The van der Waals surface area contributed by atoms with Crippen molar-refractivity contribution >= 4 is 10.8 Å². The number of rotatable bonds is 7. The highest BCUT2D eigenvalue weighted by Gasteiger charge is 2.20. The summed E-state index contributed by atoms with van der Waals surface area (Å²) >= 11 is 0. The molecule has 0 N–H and O–H groups in total. The molecule has 0 heterocycles. The van der Waals surface area contributed by atoms with Gasteiger partial charge in [0.25, 0.3) is 0 Å². The molecule has 0 radical (unpaired) electrons. The smallest absolute Gasteiger partial charge is 0.165 e. The highest BCUT2D eigenvalue weighted by molar-refractivity contribution is 5.88. The Hall–Kier alpha value is -2.42. The SMILES string of the molecule is CCCC1CCC(CCc2ccc3c(F)c(-c4ccc(OC)c(F)c4)ccc3c2)CC1. The number of methoxy groups -OCH3 is 1. The molecule has 0 bridgehead atoms. The van der Waals surface area contributed by atoms with Crippen molar-refractivity contribution in [1.29, 1.82) is 0 Å². The molecule has 0 saturated heterocycles. The van der Waals surface area contributed by atoms with Crippen LogP contribution in [0.2, 0.25) is 0 Å². The fourth-order valence-corrected chi connectivity index (χ4v) is 5.14. The first-order valence-electron chi connectivity index (χ1n) is 11.6. The molecule has 3 heteroatoms. The lowest BCUT2D eigenvalue weighted by Gasteiger charge is -2.28. The number of benzene rings is 3. The van der Waals surface area contributed by atoms with E-state index in [0.29, 0.717) is 16.5 Å². The molecule has 1 saturated carbocycles. The molecule has 0 aliphatic heterocycles. The van der Waals surface area contributed by atoms with Crippen molar-refractivity contribution in [2.24, 2.45) is 11.8 Å². The third-order valence-electron chi connectivity index (χ3n) is 6.99. The van der Waals surface area contributed by atoms with E-state index in [1.165, 1.54) is 69.8 Å². The van der Waals surface area contributed by atoms with E-state index in [9.17, 15) is 4.39 Å². The summed E-state index contributed by atoms with van der Waals surface area (Å²) in [6.45, 7) is 2.28. The predicted octanol–water partition coefficient (Wildman–Crippen LogP) is 8.33. The molecule has 1 nitrogen and oxygen atoms in total. The predicted molar refractivity (Wildman–Crippen MR) is 125 cm³/mol. The Bertz CT molecular complexity index is 1030. The van der Waals surface area contributed by atoms with Gasteiger partial charge in [-0.2, -0.15) is 0 Å². The van der Waals surface area contributed by atoms with Crippen molar-refractivity contribution in [3.8, 4) is 16.9 Å². The second kappa shape index (κ2) is 9.80. The third-order valence-corrected chi connectivity index (χ3v) is 6.99. The Morgan fingerprint density at radius 2 is 1.61 bits per heavy atom. The van der Waals surface area contributed by atoms with Gasteiger partial charge in [-0.05, 0) is 53.3 Å². The summed E-state index contributed by atoms with van der Waals surface area (Å²) in [5, 5.41) is 1.48. The second-order valence-corrected chi connectivity index (χ2v) is 9.05. The van der Waals surface area contributed by atoms with E-state index in [1.807, 2.05) is 18.2 Å². The number of hydrogen-bond donors (Lipinski definition) is 0. The molecule has 0 spiro atoms. The summed E-state index contributed by atoms with van der Waals surface area (Å²) in [6, 6.07) is 14.3. The van der Waals surface area contributed by atoms with Crippen molar-refractivity contribution < 1.29 is 13.5 Å². The number of hydrogen-bond acceptors (Lipinski definition) is 1. The van der Waals surface area contributed by atoms with Crippen LogP contribution in [0.1, 0.15) is 57.4 Å². The first-order valence-corrected chi connectivity index (χ1v) is 11.6. The number of fused-ring (bicyclic) bond motifs is 1. The van der Waals surface area contributed by atoms with Crippen LogP contribution in [0.25, 0.3) is 21.9 Å². The molecule has 1 fully saturated rings. The van der Waals surface area contributed by atoms with E-state index in [0.717, 1.165) is 23.6 Å². The zero-order chi connectivity index (χ0) is 21.8. The zero-order valence-electron chi connectivity index (χ0n) is 18.6. The minimum Gasteiger partial charge on any atom is -0.494 e. The van der Waals surface area contributed by atoms with E-state index in [1.54, 1.807) is 12.1 Å². The summed E-state index contributed by atoms with van der Waals surface area (Å²) in [4.78, 5) is 0. The van der Waals surface area contributed by atoms with Crippen molar-refractivity contribution in [2.45, 2.75) is 58.3 Å². The first kappa shape index (κ1) is 21.8. The van der Waals surface area contributed by atoms with Gasteiger partial charge in [0.1, 0.15) is 5.82 Å². The maximum absolute atomic E-state index is 15.2. The van der Waals surface area contributed by atoms with Crippen LogP contribution in [-0.4, -0.2) is 7.11 Å². The van der Waals surface area contributed by atoms with Gasteiger partial charge in [-0.15, -0.1) is 0 Å². The van der Waals surface area contributed by atoms with E-state index < -0.39 is 5.82 Å². The average molecular weight is 423 g/mol. The zero-order valence-corrected chi connectivity index (χ0v) is 18.6. The Kier molecular flexibility index (Phi) is 6.89. The topological polar surface area (TPSA) is 9.23 Å². The van der Waals surface area contributed by atoms with Crippen molar-refractivity contribution in [3.63, 3.8) is 0 Å². The summed E-state index contributed by atoms with van der Waals surface area (Å²) in [7, 11) is 1.42. The van der Waals surface area contributed by atoms with Crippen LogP contribution in [0.3, 0.4) is 0 Å². The molecule has 0 amide bonds. The fourth-order valence-electron chi connectivity index (χ4n) is 5.14. The Labute approximate surface area is 184 Å². The summed E-state index contributed by atoms with van der Waals surface area (Å²) in [6.07, 6.45) is 10.4. The monoisotopic (exact) mass is 422 g/mol. The van der Waals surface area contributed by atoms with Gasteiger partial charge in [0, 0.05) is 10.9 Å². The molecule has 0 unspecified atom stereocenters. The summed E-state index contributed by atoms with van der Waals surface area (Å²) in [5.74, 6) is 1.14. The van der Waals surface area contributed by atoms with Crippen molar-refractivity contribution in [2.75, 3.05) is 7.11 Å². The highest BCUT2D eigenvalue weighted by Crippen LogP contribution is 2.35. The first-order chi connectivity index (χ1) is 15.1. The Balaban J connectivity index is 1.47. The number of halogens is 2. The van der Waals surface area contributed by atoms with Crippen LogP contribution < -0.4 is 4.74 Å². The molecule has 4 rings (SSSR count). The largest absolute Gasteiger partial charge is 0.494 e. The third kappa shape index (κ3) is 4.92. The molecular weight excluding hydrogens is 390 g/mol. The van der Waals surface area contributed by atoms with Gasteiger partial charge >= 0.3 is 0 Å². The van der Waals surface area contributed by atoms with Gasteiger partial charge in [-0.1, -0.05) is 81.8 Å². The van der Waals surface area contributed by atoms with Crippen LogP contribution in [0.15, 0.2) is 48.5 Å². The maximum Gasteiger partial charge on any atom is 0.165 e. The van der Waals surface area contributed by atoms with E-state index in [-0.39, 0.29) is 11.6 Å². The van der Waals surface area contributed by atoms with Crippen LogP contribution in [0, 0.1) is 23.5 Å². The average Bonchev–Trinajstić information content (AvgIpc) is 2.79. The lowest BCUT2D eigenvalue weighted by Crippen LogP contribution is -2.15. The molecule has 3 aromatic rings.